The van der Waals surface area contributed by atoms with Crippen molar-refractivity contribution in [3.8, 4) is 5.75 Å². The van der Waals surface area contributed by atoms with Crippen LogP contribution in [0.1, 0.15) is 20.3 Å². The highest BCUT2D eigenvalue weighted by Gasteiger charge is 2.24. The third kappa shape index (κ3) is 7.38. The minimum atomic E-state index is -3.56. The van der Waals surface area contributed by atoms with Gasteiger partial charge in [0.1, 0.15) is 12.4 Å². The van der Waals surface area contributed by atoms with E-state index in [-0.39, 0.29) is 10.9 Å². The van der Waals surface area contributed by atoms with Gasteiger partial charge in [-0.1, -0.05) is 13.8 Å². The number of morpholine rings is 1. The molecule has 1 aliphatic heterocycles. The van der Waals surface area contributed by atoms with Crippen LogP contribution in [0.4, 0.5) is 0 Å². The molecule has 0 bridgehead atoms. The second-order valence-corrected chi connectivity index (χ2v) is 8.86. The summed E-state index contributed by atoms with van der Waals surface area (Å²) in [5, 5.41) is 0. The first-order chi connectivity index (χ1) is 12.9. The van der Waals surface area contributed by atoms with E-state index in [2.05, 4.69) is 23.5 Å². The van der Waals surface area contributed by atoms with Crippen molar-refractivity contribution in [2.75, 3.05) is 53.2 Å². The van der Waals surface area contributed by atoms with Gasteiger partial charge < -0.3 is 14.2 Å². The Morgan fingerprint density at radius 2 is 1.81 bits per heavy atom. The lowest BCUT2D eigenvalue weighted by atomic mass is 10.0. The Morgan fingerprint density at radius 1 is 1.15 bits per heavy atom. The van der Waals surface area contributed by atoms with Gasteiger partial charge in [-0.2, -0.15) is 0 Å². The lowest BCUT2D eigenvalue weighted by Crippen LogP contribution is -2.49. The van der Waals surface area contributed by atoms with Crippen LogP contribution in [0.25, 0.3) is 0 Å². The van der Waals surface area contributed by atoms with Gasteiger partial charge in [-0.25, -0.2) is 13.1 Å². The molecule has 0 aromatic heterocycles. The highest BCUT2D eigenvalue weighted by Crippen LogP contribution is 2.17. The molecule has 154 valence electrons. The number of nitrogens with zero attached hydrogens (tertiary/aromatic N) is 1. The monoisotopic (exact) mass is 400 g/mol. The molecular formula is C19H32N2O5S. The van der Waals surface area contributed by atoms with Crippen molar-refractivity contribution in [1.82, 2.24) is 9.62 Å². The summed E-state index contributed by atoms with van der Waals surface area (Å²) >= 11 is 0. The number of ether oxygens (including phenoxy) is 3. The predicted molar refractivity (Wildman–Crippen MR) is 105 cm³/mol. The van der Waals surface area contributed by atoms with Crippen molar-refractivity contribution in [2.45, 2.75) is 31.2 Å². The first-order valence-corrected chi connectivity index (χ1v) is 10.9. The van der Waals surface area contributed by atoms with E-state index < -0.39 is 10.0 Å². The van der Waals surface area contributed by atoms with Crippen LogP contribution in [0.3, 0.4) is 0 Å². The van der Waals surface area contributed by atoms with Crippen molar-refractivity contribution in [3.05, 3.63) is 24.3 Å². The summed E-state index contributed by atoms with van der Waals surface area (Å²) in [4.78, 5) is 2.56. The molecule has 1 atom stereocenters. The summed E-state index contributed by atoms with van der Waals surface area (Å²) < 4.78 is 43.9. The van der Waals surface area contributed by atoms with Gasteiger partial charge in [0, 0.05) is 32.8 Å². The number of sulfonamides is 1. The zero-order valence-corrected chi connectivity index (χ0v) is 17.3. The molecule has 0 radical (unpaired) electrons. The number of benzene rings is 1. The first kappa shape index (κ1) is 22.1. The molecule has 0 saturated carbocycles. The fraction of sp³-hybridized carbons (Fsp3) is 0.684. The van der Waals surface area contributed by atoms with Gasteiger partial charge in [0.25, 0.3) is 0 Å². The van der Waals surface area contributed by atoms with Gasteiger partial charge in [-0.05, 0) is 36.6 Å². The molecule has 1 unspecified atom stereocenters. The van der Waals surface area contributed by atoms with Crippen molar-refractivity contribution < 1.29 is 22.6 Å². The Hall–Kier alpha value is -1.19. The SMILES string of the molecule is COCCOc1ccc(S(=O)(=O)NCC(CC(C)C)N2CCOCC2)cc1. The van der Waals surface area contributed by atoms with E-state index >= 15 is 0 Å². The summed E-state index contributed by atoms with van der Waals surface area (Å²) in [7, 11) is -1.95. The maximum absolute atomic E-state index is 12.7. The van der Waals surface area contributed by atoms with E-state index in [0.717, 1.165) is 19.5 Å². The van der Waals surface area contributed by atoms with Crippen LogP contribution in [-0.2, 0) is 19.5 Å². The Labute approximate surface area is 163 Å². The van der Waals surface area contributed by atoms with Crippen molar-refractivity contribution in [1.29, 1.82) is 0 Å². The van der Waals surface area contributed by atoms with E-state index in [1.165, 1.54) is 0 Å². The fourth-order valence-corrected chi connectivity index (χ4v) is 4.17. The Morgan fingerprint density at radius 3 is 2.41 bits per heavy atom. The predicted octanol–water partition coefficient (Wildman–Crippen LogP) is 1.74. The summed E-state index contributed by atoms with van der Waals surface area (Å²) in [5.41, 5.74) is 0. The van der Waals surface area contributed by atoms with E-state index in [4.69, 9.17) is 14.2 Å². The molecule has 1 N–H and O–H groups in total. The van der Waals surface area contributed by atoms with E-state index in [9.17, 15) is 8.42 Å². The molecule has 1 aromatic rings. The van der Waals surface area contributed by atoms with E-state index in [1.54, 1.807) is 31.4 Å². The number of hydrogen-bond donors (Lipinski definition) is 1. The van der Waals surface area contributed by atoms with Crippen molar-refractivity contribution >= 4 is 10.0 Å². The topological polar surface area (TPSA) is 77.1 Å². The quantitative estimate of drug-likeness (QED) is 0.570. The highest BCUT2D eigenvalue weighted by molar-refractivity contribution is 7.89. The lowest BCUT2D eigenvalue weighted by molar-refractivity contribution is 0.0134. The maximum atomic E-state index is 12.7. The van der Waals surface area contributed by atoms with Crippen LogP contribution in [0, 0.1) is 5.92 Å². The second-order valence-electron chi connectivity index (χ2n) is 7.10. The highest BCUT2D eigenvalue weighted by atomic mass is 32.2. The smallest absolute Gasteiger partial charge is 0.240 e. The van der Waals surface area contributed by atoms with Gasteiger partial charge in [-0.3, -0.25) is 4.90 Å². The van der Waals surface area contributed by atoms with Gasteiger partial charge in [0.15, 0.2) is 0 Å². The van der Waals surface area contributed by atoms with Crippen LogP contribution < -0.4 is 9.46 Å². The maximum Gasteiger partial charge on any atom is 0.240 e. The zero-order valence-electron chi connectivity index (χ0n) is 16.5. The van der Waals surface area contributed by atoms with E-state index in [1.807, 2.05) is 0 Å². The average Bonchev–Trinajstić information content (AvgIpc) is 2.66. The van der Waals surface area contributed by atoms with Gasteiger partial charge in [-0.15, -0.1) is 0 Å². The van der Waals surface area contributed by atoms with Crippen molar-refractivity contribution in [2.24, 2.45) is 5.92 Å². The van der Waals surface area contributed by atoms with Crippen LogP contribution in [0.2, 0.25) is 0 Å². The summed E-state index contributed by atoms with van der Waals surface area (Å²) in [5.74, 6) is 1.11. The normalized spacial score (nSPS) is 17.2. The molecule has 1 heterocycles. The molecule has 27 heavy (non-hydrogen) atoms. The first-order valence-electron chi connectivity index (χ1n) is 9.45. The summed E-state index contributed by atoms with van der Waals surface area (Å²) in [6.07, 6.45) is 0.939. The van der Waals surface area contributed by atoms with Crippen LogP contribution in [0.15, 0.2) is 29.2 Å². The van der Waals surface area contributed by atoms with Crippen molar-refractivity contribution in [3.63, 3.8) is 0 Å². The van der Waals surface area contributed by atoms with Gasteiger partial charge in [0.2, 0.25) is 10.0 Å². The zero-order chi connectivity index (χ0) is 19.7. The minimum absolute atomic E-state index is 0.167. The molecule has 1 fully saturated rings. The number of nitrogens with one attached hydrogen (secondary N) is 1. The molecule has 1 aliphatic rings. The standard InChI is InChI=1S/C19H32N2O5S/c1-16(2)14-17(21-8-10-25-11-9-21)15-20-27(22,23)19-6-4-18(5-7-19)26-13-12-24-3/h4-7,16-17,20H,8-15H2,1-3H3. The Kier molecular flexibility index (Phi) is 8.98. The van der Waals surface area contributed by atoms with Crippen LogP contribution in [-0.4, -0.2) is 72.5 Å². The van der Waals surface area contributed by atoms with Crippen LogP contribution >= 0.6 is 0 Å². The third-order valence-electron chi connectivity index (χ3n) is 4.50. The number of rotatable bonds is 11. The van der Waals surface area contributed by atoms with Gasteiger partial charge >= 0.3 is 0 Å². The summed E-state index contributed by atoms with van der Waals surface area (Å²) in [6, 6.07) is 6.63. The van der Waals surface area contributed by atoms with Crippen LogP contribution in [0.5, 0.6) is 5.75 Å². The molecule has 1 aromatic carbocycles. The van der Waals surface area contributed by atoms with Gasteiger partial charge in [0.05, 0.1) is 24.7 Å². The Balaban J connectivity index is 1.96. The molecule has 2 rings (SSSR count). The van der Waals surface area contributed by atoms with E-state index in [0.29, 0.717) is 44.6 Å². The minimum Gasteiger partial charge on any atom is -0.491 e. The molecule has 0 aliphatic carbocycles. The molecule has 0 spiro atoms. The lowest BCUT2D eigenvalue weighted by Gasteiger charge is -2.35. The number of methoxy groups -OCH3 is 1. The number of hydrogen-bond acceptors (Lipinski definition) is 6. The molecular weight excluding hydrogens is 368 g/mol. The largest absolute Gasteiger partial charge is 0.491 e. The molecule has 7 nitrogen and oxygen atoms in total. The average molecular weight is 401 g/mol. The fourth-order valence-electron chi connectivity index (χ4n) is 3.10. The Bertz CT molecular complexity index is 643. The molecule has 1 saturated heterocycles. The second kappa shape index (κ2) is 11.0. The summed E-state index contributed by atoms with van der Waals surface area (Å²) in [6.45, 7) is 8.70. The third-order valence-corrected chi connectivity index (χ3v) is 5.94. The molecule has 8 heteroatoms. The molecule has 0 amide bonds.